The molecule has 1 saturated heterocycles. The number of amides is 2. The van der Waals surface area contributed by atoms with Crippen LogP contribution >= 0.6 is 11.6 Å². The number of carbonyl (C=O) groups is 2. The standard InChI is InChI=1S/C18H17ClN2O3/c1-24-16-8-7-13(19)10-15(16)20-18(23)12-9-17(22)21(11-12)14-5-3-2-4-6-14/h2-8,10,12H,9,11H2,1H3,(H,20,23)/t12-/m0/s1. The van der Waals surface area contributed by atoms with Crippen LogP contribution in [-0.2, 0) is 9.59 Å². The molecule has 2 aromatic carbocycles. The average Bonchev–Trinajstić information content (AvgIpc) is 2.98. The molecule has 0 unspecified atom stereocenters. The lowest BCUT2D eigenvalue weighted by molar-refractivity contribution is -0.122. The van der Waals surface area contributed by atoms with E-state index in [1.165, 1.54) is 7.11 Å². The van der Waals surface area contributed by atoms with Crippen LogP contribution in [0.3, 0.4) is 0 Å². The third-order valence-corrected chi connectivity index (χ3v) is 4.22. The molecule has 3 rings (SSSR count). The second kappa shape index (κ2) is 6.93. The van der Waals surface area contributed by atoms with Crippen molar-refractivity contribution in [2.45, 2.75) is 6.42 Å². The van der Waals surface area contributed by atoms with E-state index in [1.807, 2.05) is 30.3 Å². The van der Waals surface area contributed by atoms with Gasteiger partial charge in [0, 0.05) is 23.7 Å². The molecular weight excluding hydrogens is 328 g/mol. The van der Waals surface area contributed by atoms with E-state index in [1.54, 1.807) is 23.1 Å². The monoisotopic (exact) mass is 344 g/mol. The Hall–Kier alpha value is -2.53. The van der Waals surface area contributed by atoms with E-state index in [9.17, 15) is 9.59 Å². The number of hydrogen-bond donors (Lipinski definition) is 1. The zero-order valence-electron chi connectivity index (χ0n) is 13.2. The van der Waals surface area contributed by atoms with Gasteiger partial charge in [0.1, 0.15) is 5.75 Å². The second-order valence-corrected chi connectivity index (χ2v) is 6.01. The van der Waals surface area contributed by atoms with Crippen molar-refractivity contribution in [2.75, 3.05) is 23.9 Å². The Kier molecular flexibility index (Phi) is 4.71. The third-order valence-electron chi connectivity index (χ3n) is 3.98. The summed E-state index contributed by atoms with van der Waals surface area (Å²) in [6, 6.07) is 14.3. The molecule has 0 bridgehead atoms. The van der Waals surface area contributed by atoms with Crippen LogP contribution in [-0.4, -0.2) is 25.5 Å². The van der Waals surface area contributed by atoms with Crippen molar-refractivity contribution in [3.8, 4) is 5.75 Å². The Labute approximate surface area is 145 Å². The summed E-state index contributed by atoms with van der Waals surface area (Å²) in [6.07, 6.45) is 0.184. The van der Waals surface area contributed by atoms with Gasteiger partial charge in [0.15, 0.2) is 0 Å². The molecule has 1 aliphatic heterocycles. The molecule has 2 aromatic rings. The van der Waals surface area contributed by atoms with Crippen molar-refractivity contribution in [1.29, 1.82) is 0 Å². The van der Waals surface area contributed by atoms with Crippen LogP contribution in [0.5, 0.6) is 5.75 Å². The van der Waals surface area contributed by atoms with E-state index in [0.29, 0.717) is 23.0 Å². The Morgan fingerprint density at radius 1 is 1.25 bits per heavy atom. The molecule has 1 heterocycles. The predicted molar refractivity (Wildman–Crippen MR) is 93.5 cm³/mol. The topological polar surface area (TPSA) is 58.6 Å². The Bertz CT molecular complexity index is 764. The van der Waals surface area contributed by atoms with Crippen molar-refractivity contribution in [3.05, 3.63) is 53.6 Å². The van der Waals surface area contributed by atoms with Gasteiger partial charge >= 0.3 is 0 Å². The number of ether oxygens (including phenoxy) is 1. The molecule has 2 amide bonds. The molecule has 1 N–H and O–H groups in total. The molecule has 0 spiro atoms. The lowest BCUT2D eigenvalue weighted by atomic mass is 10.1. The SMILES string of the molecule is COc1ccc(Cl)cc1NC(=O)[C@H]1CC(=O)N(c2ccccc2)C1. The van der Waals surface area contributed by atoms with Crippen LogP contribution < -0.4 is 15.0 Å². The number of nitrogens with zero attached hydrogens (tertiary/aromatic N) is 1. The van der Waals surface area contributed by atoms with E-state index < -0.39 is 5.92 Å². The minimum Gasteiger partial charge on any atom is -0.495 e. The van der Waals surface area contributed by atoms with Gasteiger partial charge in [-0.05, 0) is 30.3 Å². The fraction of sp³-hybridized carbons (Fsp3) is 0.222. The number of halogens is 1. The first-order valence-electron chi connectivity index (χ1n) is 7.58. The van der Waals surface area contributed by atoms with Gasteiger partial charge in [-0.15, -0.1) is 0 Å². The van der Waals surface area contributed by atoms with Crippen LogP contribution in [0.1, 0.15) is 6.42 Å². The molecule has 6 heteroatoms. The molecule has 0 aliphatic carbocycles. The molecule has 5 nitrogen and oxygen atoms in total. The van der Waals surface area contributed by atoms with Gasteiger partial charge in [-0.3, -0.25) is 9.59 Å². The van der Waals surface area contributed by atoms with Crippen LogP contribution in [0.4, 0.5) is 11.4 Å². The molecular formula is C18H17ClN2O3. The summed E-state index contributed by atoms with van der Waals surface area (Å²) in [5.41, 5.74) is 1.30. The Balaban J connectivity index is 1.73. The van der Waals surface area contributed by atoms with Gasteiger partial charge in [-0.1, -0.05) is 29.8 Å². The van der Waals surface area contributed by atoms with Crippen LogP contribution in [0.15, 0.2) is 48.5 Å². The zero-order valence-corrected chi connectivity index (χ0v) is 13.9. The number of nitrogens with one attached hydrogen (secondary N) is 1. The minimum atomic E-state index is -0.415. The van der Waals surface area contributed by atoms with Crippen LogP contribution in [0.2, 0.25) is 5.02 Å². The van der Waals surface area contributed by atoms with E-state index in [0.717, 1.165) is 5.69 Å². The summed E-state index contributed by atoms with van der Waals surface area (Å²) in [7, 11) is 1.52. The molecule has 1 aliphatic rings. The van der Waals surface area contributed by atoms with Crippen molar-refractivity contribution in [1.82, 2.24) is 0 Å². The van der Waals surface area contributed by atoms with Gasteiger partial charge in [0.05, 0.1) is 18.7 Å². The molecule has 24 heavy (non-hydrogen) atoms. The fourth-order valence-corrected chi connectivity index (χ4v) is 2.93. The highest BCUT2D eigenvalue weighted by molar-refractivity contribution is 6.31. The molecule has 0 aromatic heterocycles. The number of carbonyl (C=O) groups excluding carboxylic acids is 2. The second-order valence-electron chi connectivity index (χ2n) is 5.57. The van der Waals surface area contributed by atoms with Crippen molar-refractivity contribution < 1.29 is 14.3 Å². The van der Waals surface area contributed by atoms with E-state index in [-0.39, 0.29) is 18.2 Å². The van der Waals surface area contributed by atoms with Crippen molar-refractivity contribution >= 4 is 34.8 Å². The summed E-state index contributed by atoms with van der Waals surface area (Å²) >= 11 is 5.97. The number of hydrogen-bond acceptors (Lipinski definition) is 3. The highest BCUT2D eigenvalue weighted by Crippen LogP contribution is 2.30. The van der Waals surface area contributed by atoms with Crippen LogP contribution in [0, 0.1) is 5.92 Å². The highest BCUT2D eigenvalue weighted by Gasteiger charge is 2.35. The maximum absolute atomic E-state index is 12.5. The normalized spacial score (nSPS) is 17.0. The number of methoxy groups -OCH3 is 1. The summed E-state index contributed by atoms with van der Waals surface area (Å²) < 4.78 is 5.22. The third kappa shape index (κ3) is 3.36. The summed E-state index contributed by atoms with van der Waals surface area (Å²) in [4.78, 5) is 26.4. The van der Waals surface area contributed by atoms with Gasteiger partial charge in [-0.25, -0.2) is 0 Å². The van der Waals surface area contributed by atoms with Gasteiger partial charge in [-0.2, -0.15) is 0 Å². The van der Waals surface area contributed by atoms with Crippen molar-refractivity contribution in [3.63, 3.8) is 0 Å². The number of anilines is 2. The maximum Gasteiger partial charge on any atom is 0.229 e. The first-order chi connectivity index (χ1) is 11.6. The Morgan fingerprint density at radius 3 is 2.71 bits per heavy atom. The zero-order chi connectivity index (χ0) is 17.1. The summed E-state index contributed by atoms with van der Waals surface area (Å²) in [5.74, 6) is -0.167. The maximum atomic E-state index is 12.5. The first-order valence-corrected chi connectivity index (χ1v) is 7.96. The predicted octanol–water partition coefficient (Wildman–Crippen LogP) is 3.34. The van der Waals surface area contributed by atoms with Gasteiger partial charge in [0.2, 0.25) is 11.8 Å². The smallest absolute Gasteiger partial charge is 0.229 e. The molecule has 124 valence electrons. The molecule has 0 saturated carbocycles. The molecule has 1 atom stereocenters. The van der Waals surface area contributed by atoms with Crippen LogP contribution in [0.25, 0.3) is 0 Å². The number of benzene rings is 2. The summed E-state index contributed by atoms with van der Waals surface area (Å²) in [6.45, 7) is 0.359. The van der Waals surface area contributed by atoms with E-state index in [2.05, 4.69) is 5.32 Å². The number of rotatable bonds is 4. The first kappa shape index (κ1) is 16.3. The minimum absolute atomic E-state index is 0.0561. The molecule has 1 fully saturated rings. The lowest BCUT2D eigenvalue weighted by Gasteiger charge is -2.17. The van der Waals surface area contributed by atoms with Gasteiger partial charge in [0.25, 0.3) is 0 Å². The Morgan fingerprint density at radius 2 is 2.00 bits per heavy atom. The average molecular weight is 345 g/mol. The molecule has 0 radical (unpaired) electrons. The largest absolute Gasteiger partial charge is 0.495 e. The fourth-order valence-electron chi connectivity index (χ4n) is 2.75. The van der Waals surface area contributed by atoms with E-state index in [4.69, 9.17) is 16.3 Å². The lowest BCUT2D eigenvalue weighted by Crippen LogP contribution is -2.28. The quantitative estimate of drug-likeness (QED) is 0.925. The summed E-state index contributed by atoms with van der Waals surface area (Å²) in [5, 5.41) is 3.31. The van der Waals surface area contributed by atoms with Crippen molar-refractivity contribution in [2.24, 2.45) is 5.92 Å². The van der Waals surface area contributed by atoms with E-state index >= 15 is 0 Å². The highest BCUT2D eigenvalue weighted by atomic mass is 35.5. The van der Waals surface area contributed by atoms with Gasteiger partial charge < -0.3 is 15.0 Å². The number of para-hydroxylation sites is 1.